The van der Waals surface area contributed by atoms with Crippen LogP contribution in [0.5, 0.6) is 0 Å². The summed E-state index contributed by atoms with van der Waals surface area (Å²) >= 11 is 0. The topological polar surface area (TPSA) is 81.1 Å². The fourth-order valence-electron chi connectivity index (χ4n) is 2.43. The Kier molecular flexibility index (Phi) is 4.93. The van der Waals surface area contributed by atoms with Gasteiger partial charge in [0.25, 0.3) is 0 Å². The summed E-state index contributed by atoms with van der Waals surface area (Å²) in [5.41, 5.74) is 0.967. The number of aliphatic hydroxyl groups is 2. The lowest BCUT2D eigenvalue weighted by atomic mass is 10.1. The van der Waals surface area contributed by atoms with E-state index in [1.54, 1.807) is 6.92 Å². The Morgan fingerprint density at radius 3 is 2.57 bits per heavy atom. The minimum absolute atomic E-state index is 0.00375. The number of benzene rings is 1. The molecule has 1 aliphatic heterocycles. The van der Waals surface area contributed by atoms with Crippen LogP contribution in [0.4, 0.5) is 0 Å². The van der Waals surface area contributed by atoms with Crippen LogP contribution in [0, 0.1) is 0 Å². The summed E-state index contributed by atoms with van der Waals surface area (Å²) in [4.78, 5) is 27.3. The Morgan fingerprint density at radius 1 is 1.29 bits per heavy atom. The van der Waals surface area contributed by atoms with Crippen molar-refractivity contribution in [3.8, 4) is 0 Å². The van der Waals surface area contributed by atoms with Gasteiger partial charge in [-0.3, -0.25) is 9.59 Å². The van der Waals surface area contributed by atoms with E-state index in [9.17, 15) is 14.7 Å². The van der Waals surface area contributed by atoms with Crippen LogP contribution >= 0.6 is 0 Å². The summed E-state index contributed by atoms with van der Waals surface area (Å²) in [5.74, 6) is -0.367. The molecule has 2 rings (SSSR count). The molecule has 1 aliphatic rings. The molecule has 2 amide bonds. The van der Waals surface area contributed by atoms with Gasteiger partial charge in [-0.15, -0.1) is 0 Å². The molecule has 0 unspecified atom stereocenters. The number of hydrogen-bond acceptors (Lipinski definition) is 4. The molecule has 1 aromatic rings. The average Bonchev–Trinajstić information content (AvgIpc) is 2.49. The predicted octanol–water partition coefficient (Wildman–Crippen LogP) is -0.401. The molecule has 0 saturated carbocycles. The van der Waals surface area contributed by atoms with Crippen molar-refractivity contribution in [2.75, 3.05) is 19.7 Å². The lowest BCUT2D eigenvalue weighted by molar-refractivity contribution is -0.157. The molecule has 2 N–H and O–H groups in total. The molecule has 0 radical (unpaired) electrons. The lowest BCUT2D eigenvalue weighted by Crippen LogP contribution is -2.60. The normalized spacial score (nSPS) is 20.8. The molecule has 0 spiro atoms. The van der Waals surface area contributed by atoms with Gasteiger partial charge >= 0.3 is 0 Å². The second-order valence-corrected chi connectivity index (χ2v) is 5.24. The molecule has 1 aromatic carbocycles. The van der Waals surface area contributed by atoms with Gasteiger partial charge < -0.3 is 20.0 Å². The number of piperazine rings is 1. The van der Waals surface area contributed by atoms with Crippen molar-refractivity contribution in [2.45, 2.75) is 25.6 Å². The van der Waals surface area contributed by atoms with Crippen molar-refractivity contribution >= 4 is 11.8 Å². The zero-order valence-electron chi connectivity index (χ0n) is 12.0. The molecule has 0 aliphatic carbocycles. The van der Waals surface area contributed by atoms with Crippen molar-refractivity contribution in [2.24, 2.45) is 0 Å². The molecule has 21 heavy (non-hydrogen) atoms. The van der Waals surface area contributed by atoms with Crippen LogP contribution in [-0.2, 0) is 16.1 Å². The van der Waals surface area contributed by atoms with Crippen molar-refractivity contribution in [1.29, 1.82) is 0 Å². The van der Waals surface area contributed by atoms with Crippen LogP contribution in [0.25, 0.3) is 0 Å². The van der Waals surface area contributed by atoms with Gasteiger partial charge in [0.2, 0.25) is 11.8 Å². The van der Waals surface area contributed by atoms with E-state index < -0.39 is 18.8 Å². The van der Waals surface area contributed by atoms with Gasteiger partial charge in [-0.05, 0) is 12.5 Å². The molecule has 1 heterocycles. The Hall–Kier alpha value is -1.92. The van der Waals surface area contributed by atoms with Crippen LogP contribution < -0.4 is 0 Å². The first-order valence-electron chi connectivity index (χ1n) is 6.94. The van der Waals surface area contributed by atoms with Gasteiger partial charge in [0.05, 0.1) is 12.7 Å². The maximum Gasteiger partial charge on any atom is 0.245 e. The highest BCUT2D eigenvalue weighted by atomic mass is 16.3. The van der Waals surface area contributed by atoms with Crippen molar-refractivity contribution in [3.63, 3.8) is 0 Å². The highest BCUT2D eigenvalue weighted by Crippen LogP contribution is 2.16. The molecule has 6 heteroatoms. The third-order valence-electron chi connectivity index (χ3n) is 3.62. The molecular weight excluding hydrogens is 272 g/mol. The Labute approximate surface area is 123 Å². The van der Waals surface area contributed by atoms with E-state index >= 15 is 0 Å². The standard InChI is InChI=1S/C15H20N2O4/c1-11-15(21)16(7-12-5-3-2-4-6-12)9-14(20)17(11)8-13(19)10-18/h2-6,11,13,18-19H,7-10H2,1H3/t11-,13-/m1/s1. The molecule has 6 nitrogen and oxygen atoms in total. The SMILES string of the molecule is C[C@@H]1C(=O)N(Cc2ccccc2)CC(=O)N1C[C@@H](O)CO. The van der Waals surface area contributed by atoms with Crippen LogP contribution in [0.15, 0.2) is 30.3 Å². The van der Waals surface area contributed by atoms with Gasteiger partial charge in [0.1, 0.15) is 12.6 Å². The number of rotatable bonds is 5. The number of carbonyl (C=O) groups excluding carboxylic acids is 2. The highest BCUT2D eigenvalue weighted by Gasteiger charge is 2.36. The second-order valence-electron chi connectivity index (χ2n) is 5.24. The molecule has 1 fully saturated rings. The van der Waals surface area contributed by atoms with Crippen LogP contribution in [0.1, 0.15) is 12.5 Å². The number of nitrogens with zero attached hydrogens (tertiary/aromatic N) is 2. The van der Waals surface area contributed by atoms with E-state index in [2.05, 4.69) is 0 Å². The quantitative estimate of drug-likeness (QED) is 0.774. The van der Waals surface area contributed by atoms with E-state index in [1.165, 1.54) is 9.80 Å². The molecule has 1 saturated heterocycles. The number of amides is 2. The third-order valence-corrected chi connectivity index (χ3v) is 3.62. The average molecular weight is 292 g/mol. The largest absolute Gasteiger partial charge is 0.394 e. The van der Waals surface area contributed by atoms with E-state index in [4.69, 9.17) is 5.11 Å². The number of hydrogen-bond donors (Lipinski definition) is 2. The summed E-state index contributed by atoms with van der Waals surface area (Å²) < 4.78 is 0. The molecule has 0 aromatic heterocycles. The van der Waals surface area contributed by atoms with Crippen LogP contribution in [0.2, 0.25) is 0 Å². The van der Waals surface area contributed by atoms with Crippen molar-refractivity contribution in [1.82, 2.24) is 9.80 Å². The molecule has 2 atom stereocenters. The first-order chi connectivity index (χ1) is 10.0. The Bertz CT molecular complexity index is 506. The first-order valence-corrected chi connectivity index (χ1v) is 6.94. The number of carbonyl (C=O) groups is 2. The summed E-state index contributed by atoms with van der Waals surface area (Å²) in [5, 5.41) is 18.3. The predicted molar refractivity (Wildman–Crippen MR) is 76.1 cm³/mol. The molecule has 114 valence electrons. The monoisotopic (exact) mass is 292 g/mol. The maximum atomic E-state index is 12.3. The van der Waals surface area contributed by atoms with E-state index in [1.807, 2.05) is 30.3 Å². The van der Waals surface area contributed by atoms with Crippen molar-refractivity contribution in [3.05, 3.63) is 35.9 Å². The summed E-state index contributed by atoms with van der Waals surface area (Å²) in [6, 6.07) is 8.86. The number of aliphatic hydroxyl groups excluding tert-OH is 2. The van der Waals surface area contributed by atoms with Crippen molar-refractivity contribution < 1.29 is 19.8 Å². The summed E-state index contributed by atoms with van der Waals surface area (Å²) in [7, 11) is 0. The van der Waals surface area contributed by atoms with Gasteiger partial charge in [-0.2, -0.15) is 0 Å². The fraction of sp³-hybridized carbons (Fsp3) is 0.467. The highest BCUT2D eigenvalue weighted by molar-refractivity contribution is 5.94. The third kappa shape index (κ3) is 3.59. The van der Waals surface area contributed by atoms with Gasteiger partial charge in [-0.25, -0.2) is 0 Å². The molecular formula is C15H20N2O4. The van der Waals surface area contributed by atoms with E-state index in [0.717, 1.165) is 5.56 Å². The Morgan fingerprint density at radius 2 is 1.95 bits per heavy atom. The molecule has 0 bridgehead atoms. The minimum Gasteiger partial charge on any atom is -0.394 e. The van der Waals surface area contributed by atoms with Crippen LogP contribution in [0.3, 0.4) is 0 Å². The van der Waals surface area contributed by atoms with Gasteiger partial charge in [0, 0.05) is 13.1 Å². The lowest BCUT2D eigenvalue weighted by Gasteiger charge is -2.39. The minimum atomic E-state index is -1.02. The second kappa shape index (κ2) is 6.69. The maximum absolute atomic E-state index is 12.3. The van der Waals surface area contributed by atoms with Crippen LogP contribution in [-0.4, -0.2) is 63.7 Å². The Balaban J connectivity index is 2.06. The van der Waals surface area contributed by atoms with E-state index in [-0.39, 0.29) is 24.9 Å². The van der Waals surface area contributed by atoms with Gasteiger partial charge in [0.15, 0.2) is 0 Å². The van der Waals surface area contributed by atoms with E-state index in [0.29, 0.717) is 6.54 Å². The fourth-order valence-corrected chi connectivity index (χ4v) is 2.43. The zero-order chi connectivity index (χ0) is 15.4. The summed E-state index contributed by atoms with van der Waals surface area (Å²) in [6.07, 6.45) is -1.02. The number of β-amino-alcohol motifs (C(OH)–C–C–N with tert-alkyl or cyclic N) is 1. The van der Waals surface area contributed by atoms with Gasteiger partial charge in [-0.1, -0.05) is 30.3 Å². The first kappa shape index (κ1) is 15.5. The summed E-state index contributed by atoms with van der Waals surface area (Å²) in [6.45, 7) is 1.57. The zero-order valence-corrected chi connectivity index (χ0v) is 12.0. The smallest absolute Gasteiger partial charge is 0.245 e.